The number of anilines is 1. The highest BCUT2D eigenvalue weighted by Crippen LogP contribution is 2.24. The predicted molar refractivity (Wildman–Crippen MR) is 101 cm³/mol. The van der Waals surface area contributed by atoms with Crippen LogP contribution in [0, 0.1) is 0 Å². The number of benzene rings is 1. The SMILES string of the molecule is COC(=O)c1ccsc1NC(=O)CN(C)S(=O)(=O)c1ccc(C(C)=O)cc1. The summed E-state index contributed by atoms with van der Waals surface area (Å²) in [6, 6.07) is 6.96. The Hall–Kier alpha value is -2.56. The van der Waals surface area contributed by atoms with E-state index in [1.54, 1.807) is 5.38 Å². The highest BCUT2D eigenvalue weighted by atomic mass is 32.2. The number of carbonyl (C=O) groups excluding carboxylic acids is 3. The van der Waals surface area contributed by atoms with E-state index in [1.165, 1.54) is 51.4 Å². The van der Waals surface area contributed by atoms with Crippen LogP contribution in [0.15, 0.2) is 40.6 Å². The standard InChI is InChI=1S/C17H18N2O6S2/c1-11(20)12-4-6-13(7-5-12)27(23,24)19(2)10-15(21)18-16-14(8-9-26-16)17(22)25-3/h4-9H,10H2,1-3H3,(H,18,21). The molecule has 0 spiro atoms. The summed E-state index contributed by atoms with van der Waals surface area (Å²) < 4.78 is 30.6. The Bertz CT molecular complexity index is 964. The number of thiophene rings is 1. The minimum atomic E-state index is -3.91. The fraction of sp³-hybridized carbons (Fsp3) is 0.235. The quantitative estimate of drug-likeness (QED) is 0.552. The van der Waals surface area contributed by atoms with Crippen molar-refractivity contribution < 1.29 is 27.5 Å². The summed E-state index contributed by atoms with van der Waals surface area (Å²) in [6.45, 7) is 0.933. The van der Waals surface area contributed by atoms with Crippen molar-refractivity contribution in [3.05, 3.63) is 46.8 Å². The third-order valence-electron chi connectivity index (χ3n) is 3.66. The molecule has 0 aliphatic rings. The van der Waals surface area contributed by atoms with Gasteiger partial charge >= 0.3 is 5.97 Å². The molecule has 0 atom stereocenters. The van der Waals surface area contributed by atoms with Gasteiger partial charge in [0.15, 0.2) is 5.78 Å². The van der Waals surface area contributed by atoms with Crippen LogP contribution in [0.5, 0.6) is 0 Å². The van der Waals surface area contributed by atoms with Crippen LogP contribution < -0.4 is 5.32 Å². The Kier molecular flexibility index (Phi) is 6.47. The maximum atomic E-state index is 12.6. The Morgan fingerprint density at radius 3 is 2.33 bits per heavy atom. The summed E-state index contributed by atoms with van der Waals surface area (Å²) in [7, 11) is -1.42. The number of nitrogens with zero attached hydrogens (tertiary/aromatic N) is 1. The van der Waals surface area contributed by atoms with Gasteiger partial charge in [-0.25, -0.2) is 13.2 Å². The summed E-state index contributed by atoms with van der Waals surface area (Å²) in [5.74, 6) is -1.38. The van der Waals surface area contributed by atoms with Crippen molar-refractivity contribution in [2.75, 3.05) is 26.0 Å². The van der Waals surface area contributed by atoms with E-state index in [0.717, 1.165) is 15.6 Å². The summed E-state index contributed by atoms with van der Waals surface area (Å²) >= 11 is 1.12. The van der Waals surface area contributed by atoms with Crippen LogP contribution in [-0.4, -0.2) is 51.1 Å². The molecule has 2 aromatic rings. The molecule has 0 bridgehead atoms. The lowest BCUT2D eigenvalue weighted by atomic mass is 10.2. The van der Waals surface area contributed by atoms with Crippen molar-refractivity contribution in [3.8, 4) is 0 Å². The molecular weight excluding hydrogens is 392 g/mol. The Morgan fingerprint density at radius 1 is 1.15 bits per heavy atom. The summed E-state index contributed by atoms with van der Waals surface area (Å²) in [5, 5.41) is 4.40. The van der Waals surface area contributed by atoms with Gasteiger partial charge in [0.05, 0.1) is 24.1 Å². The number of hydrogen-bond acceptors (Lipinski definition) is 7. The topological polar surface area (TPSA) is 110 Å². The van der Waals surface area contributed by atoms with E-state index in [1.807, 2.05) is 0 Å². The van der Waals surface area contributed by atoms with E-state index >= 15 is 0 Å². The minimum absolute atomic E-state index is 0.0332. The van der Waals surface area contributed by atoms with E-state index < -0.39 is 28.4 Å². The van der Waals surface area contributed by atoms with Crippen LogP contribution in [0.4, 0.5) is 5.00 Å². The average Bonchev–Trinajstić information content (AvgIpc) is 3.08. The number of carbonyl (C=O) groups is 3. The molecule has 0 aliphatic carbocycles. The van der Waals surface area contributed by atoms with Crippen molar-refractivity contribution in [2.24, 2.45) is 0 Å². The first-order valence-electron chi connectivity index (χ1n) is 7.69. The summed E-state index contributed by atoms with van der Waals surface area (Å²) in [5.41, 5.74) is 0.587. The molecule has 0 aliphatic heterocycles. The molecule has 0 unspecified atom stereocenters. The molecule has 1 aromatic heterocycles. The molecule has 0 saturated carbocycles. The molecular formula is C17H18N2O6S2. The minimum Gasteiger partial charge on any atom is -0.465 e. The lowest BCUT2D eigenvalue weighted by molar-refractivity contribution is -0.116. The van der Waals surface area contributed by atoms with Crippen molar-refractivity contribution in [1.82, 2.24) is 4.31 Å². The van der Waals surface area contributed by atoms with Gasteiger partial charge in [0, 0.05) is 12.6 Å². The molecule has 1 amide bonds. The van der Waals surface area contributed by atoms with Crippen LogP contribution in [0.2, 0.25) is 0 Å². The zero-order valence-corrected chi connectivity index (χ0v) is 16.5. The number of nitrogens with one attached hydrogen (secondary N) is 1. The number of Topliss-reactive ketones (excluding diaryl/α,β-unsaturated/α-hetero) is 1. The lowest BCUT2D eigenvalue weighted by Gasteiger charge is -2.17. The highest BCUT2D eigenvalue weighted by molar-refractivity contribution is 7.89. The number of methoxy groups -OCH3 is 1. The molecule has 1 heterocycles. The van der Waals surface area contributed by atoms with Crippen molar-refractivity contribution in [3.63, 3.8) is 0 Å². The van der Waals surface area contributed by atoms with Gasteiger partial charge in [-0.1, -0.05) is 12.1 Å². The third kappa shape index (κ3) is 4.79. The monoisotopic (exact) mass is 410 g/mol. The van der Waals surface area contributed by atoms with E-state index in [-0.39, 0.29) is 21.2 Å². The first-order chi connectivity index (χ1) is 12.7. The second-order valence-electron chi connectivity index (χ2n) is 5.54. The molecule has 0 fully saturated rings. The number of rotatable bonds is 7. The molecule has 1 N–H and O–H groups in total. The Balaban J connectivity index is 2.10. The normalized spacial score (nSPS) is 11.3. The van der Waals surface area contributed by atoms with Gasteiger partial charge in [-0.2, -0.15) is 4.31 Å². The summed E-state index contributed by atoms with van der Waals surface area (Å²) in [6.07, 6.45) is 0. The van der Waals surface area contributed by atoms with Gasteiger partial charge in [0.1, 0.15) is 5.00 Å². The largest absolute Gasteiger partial charge is 0.465 e. The molecule has 8 nitrogen and oxygen atoms in total. The second kappa shape index (κ2) is 8.42. The van der Waals surface area contributed by atoms with Crippen LogP contribution in [0.1, 0.15) is 27.6 Å². The zero-order valence-electron chi connectivity index (χ0n) is 14.9. The van der Waals surface area contributed by atoms with Crippen LogP contribution >= 0.6 is 11.3 Å². The molecule has 1 aromatic carbocycles. The van der Waals surface area contributed by atoms with Crippen molar-refractivity contribution in [2.45, 2.75) is 11.8 Å². The van der Waals surface area contributed by atoms with Gasteiger partial charge in [0.2, 0.25) is 15.9 Å². The molecule has 0 saturated heterocycles. The molecule has 144 valence electrons. The van der Waals surface area contributed by atoms with E-state index in [2.05, 4.69) is 10.1 Å². The first kappa shape index (κ1) is 20.7. The smallest absolute Gasteiger partial charge is 0.340 e. The summed E-state index contributed by atoms with van der Waals surface area (Å²) in [4.78, 5) is 35.1. The van der Waals surface area contributed by atoms with Crippen LogP contribution in [0.3, 0.4) is 0 Å². The van der Waals surface area contributed by atoms with Crippen molar-refractivity contribution >= 4 is 44.0 Å². The lowest BCUT2D eigenvalue weighted by Crippen LogP contribution is -2.35. The van der Waals surface area contributed by atoms with E-state index in [4.69, 9.17) is 0 Å². The highest BCUT2D eigenvalue weighted by Gasteiger charge is 2.24. The predicted octanol–water partition coefficient (Wildman–Crippen LogP) is 2.00. The average molecular weight is 410 g/mol. The number of hydrogen-bond donors (Lipinski definition) is 1. The van der Waals surface area contributed by atoms with Crippen LogP contribution in [-0.2, 0) is 19.6 Å². The van der Waals surface area contributed by atoms with Gasteiger partial charge in [-0.15, -0.1) is 11.3 Å². The third-order valence-corrected chi connectivity index (χ3v) is 6.31. The van der Waals surface area contributed by atoms with Crippen LogP contribution in [0.25, 0.3) is 0 Å². The fourth-order valence-corrected chi connectivity index (χ4v) is 4.09. The number of esters is 1. The maximum Gasteiger partial charge on any atom is 0.340 e. The Morgan fingerprint density at radius 2 is 1.78 bits per heavy atom. The molecule has 27 heavy (non-hydrogen) atoms. The fourth-order valence-electron chi connectivity index (χ4n) is 2.17. The molecule has 2 rings (SSSR count). The molecule has 10 heteroatoms. The van der Waals surface area contributed by atoms with Crippen molar-refractivity contribution in [1.29, 1.82) is 0 Å². The first-order valence-corrected chi connectivity index (χ1v) is 10.0. The zero-order chi connectivity index (χ0) is 20.2. The maximum absolute atomic E-state index is 12.6. The van der Waals surface area contributed by atoms with Gasteiger partial charge in [-0.3, -0.25) is 9.59 Å². The molecule has 0 radical (unpaired) electrons. The van der Waals surface area contributed by atoms with E-state index in [9.17, 15) is 22.8 Å². The Labute approximate surface area is 160 Å². The van der Waals surface area contributed by atoms with Gasteiger partial charge < -0.3 is 10.1 Å². The number of amides is 1. The number of sulfonamides is 1. The number of ether oxygens (including phenoxy) is 1. The second-order valence-corrected chi connectivity index (χ2v) is 8.51. The van der Waals surface area contributed by atoms with Gasteiger partial charge in [0.25, 0.3) is 0 Å². The number of ketones is 1. The number of likely N-dealkylation sites (N-methyl/N-ethyl adjacent to an activating group) is 1. The van der Waals surface area contributed by atoms with E-state index in [0.29, 0.717) is 5.56 Å². The van der Waals surface area contributed by atoms with Gasteiger partial charge in [-0.05, 0) is 30.5 Å².